The standard InChI is InChI=1S/C20H18N2O3S/c1-3-12-25-15-10-8-14(9-11-15)13-18-19(23)22-20(26-18)21-16-6-4-5-7-17(16)24-2/h3-11,13H,1,12H2,2H3,(H,21,22,23). The summed E-state index contributed by atoms with van der Waals surface area (Å²) < 4.78 is 10.7. The molecule has 0 aliphatic carbocycles. The van der Waals surface area contributed by atoms with Crippen molar-refractivity contribution in [1.82, 2.24) is 5.32 Å². The fourth-order valence-corrected chi connectivity index (χ4v) is 3.11. The third-order valence-electron chi connectivity index (χ3n) is 3.50. The highest BCUT2D eigenvalue weighted by molar-refractivity contribution is 8.18. The Labute approximate surface area is 156 Å². The molecule has 132 valence electrons. The lowest BCUT2D eigenvalue weighted by Crippen LogP contribution is -2.19. The van der Waals surface area contributed by atoms with Crippen LogP contribution in [0.5, 0.6) is 11.5 Å². The van der Waals surface area contributed by atoms with Crippen molar-refractivity contribution in [3.63, 3.8) is 0 Å². The van der Waals surface area contributed by atoms with Crippen LogP contribution in [-0.2, 0) is 4.79 Å². The van der Waals surface area contributed by atoms with E-state index in [1.54, 1.807) is 13.2 Å². The van der Waals surface area contributed by atoms with Crippen LogP contribution in [0.15, 0.2) is 71.1 Å². The number of hydrogen-bond acceptors (Lipinski definition) is 5. The molecule has 0 radical (unpaired) electrons. The predicted octanol–water partition coefficient (Wildman–Crippen LogP) is 4.15. The van der Waals surface area contributed by atoms with Crippen molar-refractivity contribution in [2.24, 2.45) is 4.99 Å². The number of para-hydroxylation sites is 2. The number of nitrogens with zero attached hydrogens (tertiary/aromatic N) is 1. The lowest BCUT2D eigenvalue weighted by atomic mass is 10.2. The summed E-state index contributed by atoms with van der Waals surface area (Å²) in [4.78, 5) is 17.2. The van der Waals surface area contributed by atoms with Gasteiger partial charge in [0.1, 0.15) is 23.8 Å². The molecule has 3 rings (SSSR count). The van der Waals surface area contributed by atoms with E-state index in [0.717, 1.165) is 11.3 Å². The van der Waals surface area contributed by atoms with Crippen molar-refractivity contribution in [2.75, 3.05) is 13.7 Å². The molecule has 1 aliphatic heterocycles. The number of carbonyl (C=O) groups is 1. The van der Waals surface area contributed by atoms with E-state index in [-0.39, 0.29) is 5.91 Å². The first-order chi connectivity index (χ1) is 12.7. The van der Waals surface area contributed by atoms with Crippen LogP contribution in [0.4, 0.5) is 5.69 Å². The maximum Gasteiger partial charge on any atom is 0.264 e. The van der Waals surface area contributed by atoms with Gasteiger partial charge in [-0.25, -0.2) is 4.99 Å². The quantitative estimate of drug-likeness (QED) is 0.616. The average Bonchev–Trinajstić information content (AvgIpc) is 3.00. The molecule has 0 atom stereocenters. The fourth-order valence-electron chi connectivity index (χ4n) is 2.28. The first-order valence-electron chi connectivity index (χ1n) is 7.96. The molecule has 0 aromatic heterocycles. The van der Waals surface area contributed by atoms with Crippen LogP contribution in [0, 0.1) is 0 Å². The van der Waals surface area contributed by atoms with Crippen molar-refractivity contribution in [3.05, 3.63) is 71.7 Å². The lowest BCUT2D eigenvalue weighted by molar-refractivity contribution is -0.115. The Hall–Kier alpha value is -2.99. The smallest absolute Gasteiger partial charge is 0.264 e. The van der Waals surface area contributed by atoms with Gasteiger partial charge in [0.15, 0.2) is 5.17 Å². The summed E-state index contributed by atoms with van der Waals surface area (Å²) >= 11 is 1.30. The lowest BCUT2D eigenvalue weighted by Gasteiger charge is -2.03. The molecule has 6 heteroatoms. The third kappa shape index (κ3) is 4.34. The van der Waals surface area contributed by atoms with Crippen LogP contribution in [-0.4, -0.2) is 24.8 Å². The maximum absolute atomic E-state index is 12.2. The molecule has 5 nitrogen and oxygen atoms in total. The van der Waals surface area contributed by atoms with Gasteiger partial charge in [0, 0.05) is 0 Å². The summed E-state index contributed by atoms with van der Waals surface area (Å²) in [6.45, 7) is 4.08. The number of nitrogens with one attached hydrogen (secondary N) is 1. The first kappa shape index (κ1) is 17.8. The van der Waals surface area contributed by atoms with Gasteiger partial charge in [-0.2, -0.15) is 0 Å². The molecule has 1 heterocycles. The van der Waals surface area contributed by atoms with E-state index in [4.69, 9.17) is 9.47 Å². The van der Waals surface area contributed by atoms with Crippen molar-refractivity contribution < 1.29 is 14.3 Å². The van der Waals surface area contributed by atoms with Gasteiger partial charge in [0.05, 0.1) is 12.0 Å². The minimum absolute atomic E-state index is 0.171. The molecular formula is C20H18N2O3S. The second-order valence-electron chi connectivity index (χ2n) is 5.32. The van der Waals surface area contributed by atoms with E-state index >= 15 is 0 Å². The zero-order valence-electron chi connectivity index (χ0n) is 14.3. The van der Waals surface area contributed by atoms with Gasteiger partial charge < -0.3 is 14.8 Å². The highest BCUT2D eigenvalue weighted by Gasteiger charge is 2.24. The van der Waals surface area contributed by atoms with Gasteiger partial charge in [-0.3, -0.25) is 4.79 Å². The number of thioether (sulfide) groups is 1. The van der Waals surface area contributed by atoms with Crippen molar-refractivity contribution in [1.29, 1.82) is 0 Å². The third-order valence-corrected chi connectivity index (χ3v) is 4.41. The Morgan fingerprint density at radius 1 is 1.19 bits per heavy atom. The van der Waals surface area contributed by atoms with E-state index in [1.807, 2.05) is 54.6 Å². The largest absolute Gasteiger partial charge is 0.494 e. The Bertz CT molecular complexity index is 873. The average molecular weight is 366 g/mol. The summed E-state index contributed by atoms with van der Waals surface area (Å²) in [5.41, 5.74) is 1.58. The van der Waals surface area contributed by atoms with Crippen molar-refractivity contribution >= 4 is 34.6 Å². The van der Waals surface area contributed by atoms with Crippen LogP contribution >= 0.6 is 11.8 Å². The zero-order valence-corrected chi connectivity index (χ0v) is 15.1. The number of amidine groups is 1. The van der Waals surface area contributed by atoms with Crippen LogP contribution in [0.1, 0.15) is 5.56 Å². The topological polar surface area (TPSA) is 59.9 Å². The Morgan fingerprint density at radius 3 is 2.69 bits per heavy atom. The second-order valence-corrected chi connectivity index (χ2v) is 6.35. The number of rotatable bonds is 6. The van der Waals surface area contributed by atoms with Gasteiger partial charge >= 0.3 is 0 Å². The van der Waals surface area contributed by atoms with Crippen LogP contribution in [0.3, 0.4) is 0 Å². The summed E-state index contributed by atoms with van der Waals surface area (Å²) in [5.74, 6) is 1.24. The van der Waals surface area contributed by atoms with Crippen LogP contribution < -0.4 is 14.8 Å². The second kappa shape index (κ2) is 8.40. The zero-order chi connectivity index (χ0) is 18.4. The molecule has 1 fully saturated rings. The summed E-state index contributed by atoms with van der Waals surface area (Å²) in [6, 6.07) is 14.9. The van der Waals surface area contributed by atoms with E-state index in [1.165, 1.54) is 11.8 Å². The minimum Gasteiger partial charge on any atom is -0.494 e. The van der Waals surface area contributed by atoms with Crippen LogP contribution in [0.2, 0.25) is 0 Å². The number of benzene rings is 2. The molecule has 0 bridgehead atoms. The molecule has 0 unspecified atom stereocenters. The number of hydrogen-bond donors (Lipinski definition) is 1. The van der Waals surface area contributed by atoms with Gasteiger partial charge in [-0.05, 0) is 47.7 Å². The van der Waals surface area contributed by atoms with E-state index in [0.29, 0.717) is 28.1 Å². The van der Waals surface area contributed by atoms with Crippen molar-refractivity contribution in [2.45, 2.75) is 0 Å². The molecule has 1 aliphatic rings. The fraction of sp³-hybridized carbons (Fsp3) is 0.100. The summed E-state index contributed by atoms with van der Waals surface area (Å²) in [5, 5.41) is 3.30. The highest BCUT2D eigenvalue weighted by atomic mass is 32.2. The Balaban J connectivity index is 1.76. The normalized spacial score (nSPS) is 16.6. The predicted molar refractivity (Wildman–Crippen MR) is 106 cm³/mol. The number of ether oxygens (including phenoxy) is 2. The van der Waals surface area contributed by atoms with Crippen molar-refractivity contribution in [3.8, 4) is 11.5 Å². The van der Waals surface area contributed by atoms with Crippen LogP contribution in [0.25, 0.3) is 6.08 Å². The molecule has 1 N–H and O–H groups in total. The molecule has 26 heavy (non-hydrogen) atoms. The minimum atomic E-state index is -0.171. The summed E-state index contributed by atoms with van der Waals surface area (Å²) in [6.07, 6.45) is 3.51. The number of methoxy groups -OCH3 is 1. The molecule has 0 saturated carbocycles. The number of carbonyl (C=O) groups excluding carboxylic acids is 1. The maximum atomic E-state index is 12.2. The molecule has 1 saturated heterocycles. The molecule has 2 aromatic carbocycles. The van der Waals surface area contributed by atoms with Gasteiger partial charge in [0.25, 0.3) is 5.91 Å². The number of amides is 1. The van der Waals surface area contributed by atoms with Gasteiger partial charge in [-0.15, -0.1) is 0 Å². The Kier molecular flexibility index (Phi) is 5.76. The molecule has 1 amide bonds. The highest BCUT2D eigenvalue weighted by Crippen LogP contribution is 2.32. The SMILES string of the molecule is C=CCOc1ccc(C=C2SC(=Nc3ccccc3OC)NC2=O)cc1. The molecule has 0 spiro atoms. The van der Waals surface area contributed by atoms with E-state index in [2.05, 4.69) is 16.9 Å². The Morgan fingerprint density at radius 2 is 1.96 bits per heavy atom. The number of aliphatic imine (C=N–C) groups is 1. The molecular weight excluding hydrogens is 348 g/mol. The monoisotopic (exact) mass is 366 g/mol. The summed E-state index contributed by atoms with van der Waals surface area (Å²) in [7, 11) is 1.59. The first-order valence-corrected chi connectivity index (χ1v) is 8.77. The van der Waals surface area contributed by atoms with E-state index in [9.17, 15) is 4.79 Å². The van der Waals surface area contributed by atoms with Gasteiger partial charge in [0.2, 0.25) is 0 Å². The molecule has 2 aromatic rings. The van der Waals surface area contributed by atoms with E-state index < -0.39 is 0 Å². The van der Waals surface area contributed by atoms with Gasteiger partial charge in [-0.1, -0.05) is 36.9 Å².